The number of nitrogens with one attached hydrogen (secondary N) is 1. The fourth-order valence-electron chi connectivity index (χ4n) is 2.73. The number of aromatic nitrogens is 1. The number of hydrogen-bond donors (Lipinski definition) is 2. The van der Waals surface area contributed by atoms with Crippen LogP contribution in [0.1, 0.15) is 28.1 Å². The Bertz CT molecular complexity index is 909. The summed E-state index contributed by atoms with van der Waals surface area (Å²) in [6.45, 7) is 3.45. The van der Waals surface area contributed by atoms with Crippen LogP contribution in [-0.4, -0.2) is 29.2 Å². The third-order valence-electron chi connectivity index (χ3n) is 3.99. The highest BCUT2D eigenvalue weighted by Gasteiger charge is 2.22. The molecule has 0 aliphatic carbocycles. The minimum absolute atomic E-state index is 0.0906. The molecule has 3 rings (SSSR count). The Labute approximate surface area is 149 Å². The molecular formula is C19H19FN2O4. The first-order chi connectivity index (χ1) is 12.6. The van der Waals surface area contributed by atoms with Crippen molar-refractivity contribution in [1.29, 1.82) is 0 Å². The van der Waals surface area contributed by atoms with Crippen LogP contribution in [0.25, 0.3) is 11.0 Å². The van der Waals surface area contributed by atoms with Gasteiger partial charge in [-0.05, 0) is 43.7 Å². The van der Waals surface area contributed by atoms with Crippen molar-refractivity contribution < 1.29 is 23.4 Å². The first-order valence-corrected chi connectivity index (χ1v) is 8.25. The average Bonchev–Trinajstić information content (AvgIpc) is 2.99. The standard InChI is InChI=1S/C19H19FN2O4/c1-12-16-15(6-5-14(20)18(16)26-17(12)19(23)24)25-9-3-8-22-11-13-4-2-7-21-10-13/h2,4-7,10,22H,3,8-9,11H2,1H3,(H,23,24). The van der Waals surface area contributed by atoms with Gasteiger partial charge in [-0.3, -0.25) is 4.98 Å². The molecule has 0 aliphatic heterocycles. The van der Waals surface area contributed by atoms with Gasteiger partial charge in [0.1, 0.15) is 5.75 Å². The van der Waals surface area contributed by atoms with E-state index in [0.717, 1.165) is 25.1 Å². The molecule has 2 N–H and O–H groups in total. The lowest BCUT2D eigenvalue weighted by molar-refractivity contribution is 0.0663. The van der Waals surface area contributed by atoms with E-state index in [2.05, 4.69) is 10.3 Å². The molecule has 136 valence electrons. The van der Waals surface area contributed by atoms with Crippen LogP contribution in [0.3, 0.4) is 0 Å². The Kier molecular flexibility index (Phi) is 5.48. The number of carboxylic acids is 1. The molecule has 0 spiro atoms. The smallest absolute Gasteiger partial charge is 0.372 e. The number of hydrogen-bond acceptors (Lipinski definition) is 5. The van der Waals surface area contributed by atoms with E-state index in [1.54, 1.807) is 19.3 Å². The summed E-state index contributed by atoms with van der Waals surface area (Å²) in [6, 6.07) is 6.59. The van der Waals surface area contributed by atoms with Gasteiger partial charge in [-0.1, -0.05) is 6.07 Å². The predicted molar refractivity (Wildman–Crippen MR) is 93.9 cm³/mol. The van der Waals surface area contributed by atoms with Crippen molar-refractivity contribution in [2.75, 3.05) is 13.2 Å². The number of pyridine rings is 1. The van der Waals surface area contributed by atoms with Crippen LogP contribution in [0.4, 0.5) is 4.39 Å². The number of furan rings is 1. The van der Waals surface area contributed by atoms with E-state index in [-0.39, 0.29) is 11.3 Å². The topological polar surface area (TPSA) is 84.6 Å². The van der Waals surface area contributed by atoms with Crippen molar-refractivity contribution in [3.63, 3.8) is 0 Å². The number of ether oxygens (including phenoxy) is 1. The third kappa shape index (κ3) is 3.83. The second-order valence-corrected chi connectivity index (χ2v) is 5.85. The van der Waals surface area contributed by atoms with Gasteiger partial charge in [0.2, 0.25) is 5.76 Å². The maximum atomic E-state index is 13.9. The first-order valence-electron chi connectivity index (χ1n) is 8.25. The van der Waals surface area contributed by atoms with E-state index in [9.17, 15) is 9.18 Å². The Morgan fingerprint density at radius 2 is 2.23 bits per heavy atom. The zero-order chi connectivity index (χ0) is 18.5. The lowest BCUT2D eigenvalue weighted by Crippen LogP contribution is -2.17. The lowest BCUT2D eigenvalue weighted by Gasteiger charge is -2.09. The largest absolute Gasteiger partial charge is 0.493 e. The molecule has 0 aliphatic rings. The third-order valence-corrected chi connectivity index (χ3v) is 3.99. The number of aromatic carboxylic acids is 1. The minimum Gasteiger partial charge on any atom is -0.493 e. The summed E-state index contributed by atoms with van der Waals surface area (Å²) >= 11 is 0. The quantitative estimate of drug-likeness (QED) is 0.599. The van der Waals surface area contributed by atoms with E-state index >= 15 is 0 Å². The highest BCUT2D eigenvalue weighted by Crippen LogP contribution is 2.35. The Hall–Kier alpha value is -2.93. The van der Waals surface area contributed by atoms with Crippen LogP contribution in [0.2, 0.25) is 0 Å². The molecule has 7 heteroatoms. The zero-order valence-corrected chi connectivity index (χ0v) is 14.3. The van der Waals surface area contributed by atoms with Crippen molar-refractivity contribution in [2.24, 2.45) is 0 Å². The number of nitrogens with zero attached hydrogens (tertiary/aromatic N) is 1. The number of carboxylic acid groups (broad SMARTS) is 1. The van der Waals surface area contributed by atoms with Crippen molar-refractivity contribution in [3.8, 4) is 5.75 Å². The van der Waals surface area contributed by atoms with E-state index < -0.39 is 11.8 Å². The van der Waals surface area contributed by atoms with Gasteiger partial charge in [-0.2, -0.15) is 0 Å². The number of carbonyl (C=O) groups is 1. The van der Waals surface area contributed by atoms with Crippen molar-refractivity contribution in [3.05, 3.63) is 59.4 Å². The normalized spacial score (nSPS) is 11.0. The summed E-state index contributed by atoms with van der Waals surface area (Å²) < 4.78 is 24.8. The van der Waals surface area contributed by atoms with Crippen molar-refractivity contribution in [2.45, 2.75) is 19.9 Å². The fraction of sp³-hybridized carbons (Fsp3) is 0.263. The molecule has 0 amide bonds. The average molecular weight is 358 g/mol. The number of benzene rings is 1. The SMILES string of the molecule is Cc1c(C(=O)O)oc2c(F)ccc(OCCCNCc3cccnc3)c12. The van der Waals surface area contributed by atoms with Gasteiger partial charge in [-0.25, -0.2) is 9.18 Å². The summed E-state index contributed by atoms with van der Waals surface area (Å²) in [5.74, 6) is -1.69. The van der Waals surface area contributed by atoms with E-state index in [1.165, 1.54) is 12.1 Å². The van der Waals surface area contributed by atoms with Crippen LogP contribution in [-0.2, 0) is 6.54 Å². The molecule has 26 heavy (non-hydrogen) atoms. The highest BCUT2D eigenvalue weighted by molar-refractivity contribution is 5.97. The first kappa shape index (κ1) is 17.9. The maximum absolute atomic E-state index is 13.9. The molecule has 2 heterocycles. The molecule has 3 aromatic rings. The Morgan fingerprint density at radius 3 is 2.96 bits per heavy atom. The van der Waals surface area contributed by atoms with Crippen LogP contribution >= 0.6 is 0 Å². The number of rotatable bonds is 8. The fourth-order valence-corrected chi connectivity index (χ4v) is 2.73. The molecular weight excluding hydrogens is 339 g/mol. The molecule has 6 nitrogen and oxygen atoms in total. The van der Waals surface area contributed by atoms with Gasteiger partial charge < -0.3 is 19.6 Å². The maximum Gasteiger partial charge on any atom is 0.372 e. The van der Waals surface area contributed by atoms with Crippen molar-refractivity contribution in [1.82, 2.24) is 10.3 Å². The van der Waals surface area contributed by atoms with Crippen LogP contribution in [0, 0.1) is 12.7 Å². The second-order valence-electron chi connectivity index (χ2n) is 5.85. The zero-order valence-electron chi connectivity index (χ0n) is 14.3. The van der Waals surface area contributed by atoms with Crippen molar-refractivity contribution >= 4 is 16.9 Å². The van der Waals surface area contributed by atoms with E-state index in [1.807, 2.05) is 12.1 Å². The van der Waals surface area contributed by atoms with Crippen LogP contribution in [0.15, 0.2) is 41.1 Å². The lowest BCUT2D eigenvalue weighted by atomic mass is 10.1. The molecule has 1 aromatic carbocycles. The van der Waals surface area contributed by atoms with Gasteiger partial charge >= 0.3 is 5.97 Å². The molecule has 0 atom stereocenters. The van der Waals surface area contributed by atoms with Gasteiger partial charge in [0.25, 0.3) is 0 Å². The summed E-state index contributed by atoms with van der Waals surface area (Å²) in [6.07, 6.45) is 4.27. The molecule has 0 saturated heterocycles. The molecule has 0 saturated carbocycles. The molecule has 0 radical (unpaired) electrons. The van der Waals surface area contributed by atoms with Crippen LogP contribution < -0.4 is 10.1 Å². The second kappa shape index (κ2) is 7.97. The highest BCUT2D eigenvalue weighted by atomic mass is 19.1. The predicted octanol–water partition coefficient (Wildman–Crippen LogP) is 3.53. The summed E-state index contributed by atoms with van der Waals surface area (Å²) in [5, 5.41) is 12.8. The van der Waals surface area contributed by atoms with Gasteiger partial charge in [-0.15, -0.1) is 0 Å². The minimum atomic E-state index is -1.23. The van der Waals surface area contributed by atoms with Gasteiger partial charge in [0.05, 0.1) is 12.0 Å². The molecule has 0 unspecified atom stereocenters. The van der Waals surface area contributed by atoms with E-state index in [4.69, 9.17) is 14.3 Å². The summed E-state index contributed by atoms with van der Waals surface area (Å²) in [4.78, 5) is 15.2. The summed E-state index contributed by atoms with van der Waals surface area (Å²) in [7, 11) is 0. The molecule has 2 aromatic heterocycles. The number of fused-ring (bicyclic) bond motifs is 1. The van der Waals surface area contributed by atoms with Crippen LogP contribution in [0.5, 0.6) is 5.75 Å². The Balaban J connectivity index is 1.59. The number of aryl methyl sites for hydroxylation is 1. The molecule has 0 fully saturated rings. The van der Waals surface area contributed by atoms with Gasteiger partial charge in [0, 0.05) is 24.5 Å². The van der Waals surface area contributed by atoms with Gasteiger partial charge in [0.15, 0.2) is 11.4 Å². The number of halogens is 1. The molecule has 0 bridgehead atoms. The van der Waals surface area contributed by atoms with E-state index in [0.29, 0.717) is 23.3 Å². The Morgan fingerprint density at radius 1 is 1.38 bits per heavy atom. The summed E-state index contributed by atoms with van der Waals surface area (Å²) in [5.41, 5.74) is 1.37. The monoisotopic (exact) mass is 358 g/mol.